The molecule has 0 aromatic heterocycles. The van der Waals surface area contributed by atoms with Crippen LogP contribution in [0.2, 0.25) is 15.1 Å². The van der Waals surface area contributed by atoms with Crippen molar-refractivity contribution in [1.29, 1.82) is 5.26 Å². The predicted octanol–water partition coefficient (Wildman–Crippen LogP) is 5.41. The van der Waals surface area contributed by atoms with Crippen molar-refractivity contribution in [2.45, 2.75) is 6.92 Å². The van der Waals surface area contributed by atoms with E-state index in [0.717, 1.165) is 5.56 Å². The maximum Gasteiger partial charge on any atom is 0.267 e. The molecule has 0 spiro atoms. The van der Waals surface area contributed by atoms with Crippen LogP contribution < -0.4 is 10.6 Å². The quantitative estimate of drug-likeness (QED) is 0.550. The lowest BCUT2D eigenvalue weighted by Crippen LogP contribution is -2.15. The standard InChI is InChI=1S/C17H12Cl3N3O/c1-10-5-6-12(18)7-15(10)22-9-11(8-21)17(24)23-14-4-2-3-13(19)16(14)20/h2-7,9,22H,1H3,(H,23,24)/b11-9-. The van der Waals surface area contributed by atoms with Gasteiger partial charge in [-0.15, -0.1) is 0 Å². The van der Waals surface area contributed by atoms with Crippen LogP contribution in [0, 0.1) is 18.3 Å². The van der Waals surface area contributed by atoms with Crippen molar-refractivity contribution in [3.05, 3.63) is 68.8 Å². The topological polar surface area (TPSA) is 64.9 Å². The third-order valence-electron chi connectivity index (χ3n) is 3.14. The number of nitrogens with zero attached hydrogens (tertiary/aromatic N) is 1. The molecule has 2 N–H and O–H groups in total. The first-order chi connectivity index (χ1) is 11.4. The molecule has 0 atom stereocenters. The monoisotopic (exact) mass is 379 g/mol. The molecule has 0 fully saturated rings. The highest BCUT2D eigenvalue weighted by Crippen LogP contribution is 2.29. The van der Waals surface area contributed by atoms with E-state index in [-0.39, 0.29) is 10.6 Å². The molecule has 7 heteroatoms. The lowest BCUT2D eigenvalue weighted by atomic mass is 10.2. The fraction of sp³-hybridized carbons (Fsp3) is 0.0588. The Bertz CT molecular complexity index is 857. The minimum Gasteiger partial charge on any atom is -0.360 e. The molecule has 0 aliphatic carbocycles. The van der Waals surface area contributed by atoms with Gasteiger partial charge >= 0.3 is 0 Å². The molecular weight excluding hydrogens is 369 g/mol. The number of carbonyl (C=O) groups excluding carboxylic acids is 1. The van der Waals surface area contributed by atoms with Gasteiger partial charge in [0.2, 0.25) is 0 Å². The molecule has 4 nitrogen and oxygen atoms in total. The van der Waals surface area contributed by atoms with Crippen molar-refractivity contribution in [3.8, 4) is 6.07 Å². The largest absolute Gasteiger partial charge is 0.360 e. The van der Waals surface area contributed by atoms with Crippen LogP contribution in [0.25, 0.3) is 0 Å². The summed E-state index contributed by atoms with van der Waals surface area (Å²) in [7, 11) is 0. The van der Waals surface area contributed by atoms with Gasteiger partial charge in [-0.2, -0.15) is 5.26 Å². The van der Waals surface area contributed by atoms with Crippen LogP contribution in [0.4, 0.5) is 11.4 Å². The van der Waals surface area contributed by atoms with Gasteiger partial charge in [-0.05, 0) is 36.8 Å². The van der Waals surface area contributed by atoms with Gasteiger partial charge in [0.15, 0.2) is 0 Å². The third kappa shape index (κ3) is 4.42. The van der Waals surface area contributed by atoms with E-state index in [0.29, 0.717) is 21.4 Å². The summed E-state index contributed by atoms with van der Waals surface area (Å²) in [5.74, 6) is -0.603. The zero-order chi connectivity index (χ0) is 17.7. The first-order valence-corrected chi connectivity index (χ1v) is 7.94. The normalized spacial score (nSPS) is 10.9. The van der Waals surface area contributed by atoms with Crippen molar-refractivity contribution in [2.75, 3.05) is 10.6 Å². The average Bonchev–Trinajstić information content (AvgIpc) is 2.55. The summed E-state index contributed by atoms with van der Waals surface area (Å²) in [4.78, 5) is 12.2. The molecule has 0 saturated heterocycles. The predicted molar refractivity (Wildman–Crippen MR) is 98.6 cm³/mol. The molecule has 0 saturated carbocycles. The maximum atomic E-state index is 12.2. The molecule has 0 radical (unpaired) electrons. The van der Waals surface area contributed by atoms with E-state index in [1.54, 1.807) is 30.3 Å². The van der Waals surface area contributed by atoms with Crippen LogP contribution >= 0.6 is 34.8 Å². The average molecular weight is 381 g/mol. The van der Waals surface area contributed by atoms with E-state index in [9.17, 15) is 10.1 Å². The Kier molecular flexibility index (Phi) is 6.10. The molecule has 0 aliphatic heterocycles. The zero-order valence-corrected chi connectivity index (χ0v) is 14.8. The van der Waals surface area contributed by atoms with Crippen molar-refractivity contribution < 1.29 is 4.79 Å². The number of nitrogens with one attached hydrogen (secondary N) is 2. The SMILES string of the molecule is Cc1ccc(Cl)cc1N/C=C(/C#N)C(=O)Nc1cccc(Cl)c1Cl. The first-order valence-electron chi connectivity index (χ1n) is 6.80. The van der Waals surface area contributed by atoms with Crippen molar-refractivity contribution in [2.24, 2.45) is 0 Å². The number of carbonyl (C=O) groups is 1. The summed E-state index contributed by atoms with van der Waals surface area (Å²) in [6.45, 7) is 1.88. The van der Waals surface area contributed by atoms with Crippen LogP contribution in [0.5, 0.6) is 0 Å². The van der Waals surface area contributed by atoms with E-state index in [1.165, 1.54) is 6.20 Å². The lowest BCUT2D eigenvalue weighted by Gasteiger charge is -2.09. The first kappa shape index (κ1) is 18.2. The number of halogens is 3. The molecule has 2 aromatic rings. The molecule has 0 heterocycles. The zero-order valence-electron chi connectivity index (χ0n) is 12.5. The number of rotatable bonds is 4. The third-order valence-corrected chi connectivity index (χ3v) is 4.19. The molecule has 1 amide bonds. The van der Waals surface area contributed by atoms with Gasteiger partial charge in [0.05, 0.1) is 15.7 Å². The molecular formula is C17H12Cl3N3O. The van der Waals surface area contributed by atoms with Gasteiger partial charge in [-0.1, -0.05) is 46.9 Å². The summed E-state index contributed by atoms with van der Waals surface area (Å²) in [6, 6.07) is 12.0. The highest BCUT2D eigenvalue weighted by molar-refractivity contribution is 6.44. The number of hydrogen-bond donors (Lipinski definition) is 2. The second-order valence-corrected chi connectivity index (χ2v) is 6.05. The smallest absolute Gasteiger partial charge is 0.267 e. The van der Waals surface area contributed by atoms with Gasteiger partial charge < -0.3 is 10.6 Å². The van der Waals surface area contributed by atoms with Crippen molar-refractivity contribution in [3.63, 3.8) is 0 Å². The molecule has 0 aliphatic rings. The summed E-state index contributed by atoms with van der Waals surface area (Å²) in [5, 5.41) is 15.7. The molecule has 24 heavy (non-hydrogen) atoms. The van der Waals surface area contributed by atoms with Crippen LogP contribution in [-0.2, 0) is 4.79 Å². The van der Waals surface area contributed by atoms with E-state index < -0.39 is 5.91 Å². The Morgan fingerprint density at radius 3 is 2.62 bits per heavy atom. The molecule has 2 rings (SSSR count). The number of aryl methyl sites for hydroxylation is 1. The van der Waals surface area contributed by atoms with Gasteiger partial charge in [0, 0.05) is 16.9 Å². The van der Waals surface area contributed by atoms with E-state index in [1.807, 2.05) is 19.1 Å². The van der Waals surface area contributed by atoms with Crippen molar-refractivity contribution in [1.82, 2.24) is 0 Å². The molecule has 2 aromatic carbocycles. The van der Waals surface area contributed by atoms with E-state index >= 15 is 0 Å². The Hall–Kier alpha value is -2.19. The fourth-order valence-electron chi connectivity index (χ4n) is 1.84. The van der Waals surface area contributed by atoms with Gasteiger partial charge in [-0.3, -0.25) is 4.79 Å². The number of benzene rings is 2. The molecule has 0 unspecified atom stereocenters. The number of hydrogen-bond acceptors (Lipinski definition) is 3. The van der Waals surface area contributed by atoms with E-state index in [4.69, 9.17) is 34.8 Å². The second-order valence-electron chi connectivity index (χ2n) is 4.83. The Morgan fingerprint density at radius 2 is 1.92 bits per heavy atom. The highest BCUT2D eigenvalue weighted by Gasteiger charge is 2.12. The highest BCUT2D eigenvalue weighted by atomic mass is 35.5. The Balaban J connectivity index is 2.18. The van der Waals surface area contributed by atoms with Gasteiger partial charge in [-0.25, -0.2) is 0 Å². The lowest BCUT2D eigenvalue weighted by molar-refractivity contribution is -0.112. The van der Waals surface area contributed by atoms with Crippen LogP contribution in [0.1, 0.15) is 5.56 Å². The Labute approximate surface area is 154 Å². The number of nitriles is 1. The van der Waals surface area contributed by atoms with Crippen molar-refractivity contribution >= 4 is 52.1 Å². The molecule has 0 bridgehead atoms. The summed E-state index contributed by atoms with van der Waals surface area (Å²) >= 11 is 17.8. The van der Waals surface area contributed by atoms with Gasteiger partial charge in [0.1, 0.15) is 11.6 Å². The second kappa shape index (κ2) is 8.07. The minimum absolute atomic E-state index is 0.120. The fourth-order valence-corrected chi connectivity index (χ4v) is 2.36. The van der Waals surface area contributed by atoms with Gasteiger partial charge in [0.25, 0.3) is 5.91 Å². The maximum absolute atomic E-state index is 12.2. The summed E-state index contributed by atoms with van der Waals surface area (Å²) in [5.41, 5.74) is 1.83. The van der Waals surface area contributed by atoms with Crippen LogP contribution in [0.15, 0.2) is 48.2 Å². The Morgan fingerprint density at radius 1 is 1.17 bits per heavy atom. The number of amides is 1. The molecule has 122 valence electrons. The minimum atomic E-state index is -0.603. The number of anilines is 2. The summed E-state index contributed by atoms with van der Waals surface area (Å²) in [6.07, 6.45) is 1.31. The van der Waals surface area contributed by atoms with E-state index in [2.05, 4.69) is 10.6 Å². The van der Waals surface area contributed by atoms with Crippen LogP contribution in [0.3, 0.4) is 0 Å². The van der Waals surface area contributed by atoms with Crippen LogP contribution in [-0.4, -0.2) is 5.91 Å². The summed E-state index contributed by atoms with van der Waals surface area (Å²) < 4.78 is 0.